The zero-order valence-corrected chi connectivity index (χ0v) is 21.4. The van der Waals surface area contributed by atoms with Gasteiger partial charge in [0.15, 0.2) is 0 Å². The number of anilines is 2. The number of hydrogen-bond acceptors (Lipinski definition) is 3. The van der Waals surface area contributed by atoms with Crippen molar-refractivity contribution >= 4 is 34.9 Å². The molecular weight excluding hydrogens is 472 g/mol. The maximum absolute atomic E-state index is 13.3. The molecule has 3 aromatic rings. The fourth-order valence-corrected chi connectivity index (χ4v) is 5.12. The van der Waals surface area contributed by atoms with Gasteiger partial charge in [0.25, 0.3) is 5.91 Å². The molecule has 7 heteroatoms. The van der Waals surface area contributed by atoms with Crippen molar-refractivity contribution in [3.8, 4) is 0 Å². The molecule has 0 radical (unpaired) electrons. The monoisotopic (exact) mass is 504 g/mol. The molecule has 36 heavy (non-hydrogen) atoms. The number of carbonyl (C=O) groups is 2. The summed E-state index contributed by atoms with van der Waals surface area (Å²) >= 11 is 5.92. The number of rotatable bonds is 9. The Morgan fingerprint density at radius 3 is 2.00 bits per heavy atom. The van der Waals surface area contributed by atoms with E-state index in [2.05, 4.69) is 41.9 Å². The molecule has 1 atom stereocenters. The highest BCUT2D eigenvalue weighted by atomic mass is 35.5. The average molecular weight is 505 g/mol. The highest BCUT2D eigenvalue weighted by Crippen LogP contribution is 2.57. The van der Waals surface area contributed by atoms with E-state index < -0.39 is 12.1 Å². The van der Waals surface area contributed by atoms with E-state index in [9.17, 15) is 9.59 Å². The molecule has 0 saturated heterocycles. The molecule has 0 bridgehead atoms. The minimum absolute atomic E-state index is 0.00687. The Labute approximate surface area is 217 Å². The second-order valence-corrected chi connectivity index (χ2v) is 9.90. The lowest BCUT2D eigenvalue weighted by molar-refractivity contribution is -0.118. The van der Waals surface area contributed by atoms with Gasteiger partial charge in [-0.2, -0.15) is 0 Å². The SMILES string of the molecule is CCC(N)(CC)C1(c2ccc(NC(=O)C(NC(=O)Nc3ccc(Cl)cc3)c3ccccc3)cc2)CC1. The van der Waals surface area contributed by atoms with Crippen LogP contribution in [-0.2, 0) is 10.2 Å². The third kappa shape index (κ3) is 5.40. The van der Waals surface area contributed by atoms with E-state index in [0.29, 0.717) is 22.0 Å². The number of halogens is 1. The lowest BCUT2D eigenvalue weighted by Crippen LogP contribution is -2.50. The second kappa shape index (κ2) is 10.7. The molecular formula is C29H33ClN4O2. The minimum Gasteiger partial charge on any atom is -0.324 e. The summed E-state index contributed by atoms with van der Waals surface area (Å²) in [6.45, 7) is 4.30. The van der Waals surface area contributed by atoms with Gasteiger partial charge < -0.3 is 21.7 Å². The van der Waals surface area contributed by atoms with Crippen LogP contribution in [0.15, 0.2) is 78.9 Å². The number of urea groups is 1. The van der Waals surface area contributed by atoms with Crippen LogP contribution < -0.4 is 21.7 Å². The molecule has 0 aliphatic heterocycles. The fraction of sp³-hybridized carbons (Fsp3) is 0.310. The van der Waals surface area contributed by atoms with Gasteiger partial charge in [-0.15, -0.1) is 0 Å². The van der Waals surface area contributed by atoms with Crippen molar-refractivity contribution in [2.75, 3.05) is 10.6 Å². The zero-order chi connectivity index (χ0) is 25.8. The van der Waals surface area contributed by atoms with Crippen molar-refractivity contribution in [2.45, 2.75) is 56.5 Å². The van der Waals surface area contributed by atoms with Crippen LogP contribution in [-0.4, -0.2) is 17.5 Å². The molecule has 1 aliphatic rings. The van der Waals surface area contributed by atoms with E-state index in [1.165, 1.54) is 5.56 Å². The van der Waals surface area contributed by atoms with Crippen molar-refractivity contribution in [1.29, 1.82) is 0 Å². The number of hydrogen-bond donors (Lipinski definition) is 4. The van der Waals surface area contributed by atoms with E-state index in [1.54, 1.807) is 24.3 Å². The molecule has 3 aromatic carbocycles. The largest absolute Gasteiger partial charge is 0.324 e. The first-order valence-corrected chi connectivity index (χ1v) is 12.8. The Kier molecular flexibility index (Phi) is 7.67. The maximum atomic E-state index is 13.3. The Bertz CT molecular complexity index is 1190. The van der Waals surface area contributed by atoms with Gasteiger partial charge in [-0.05, 0) is 73.2 Å². The van der Waals surface area contributed by atoms with E-state index in [4.69, 9.17) is 17.3 Å². The molecule has 0 heterocycles. The van der Waals surface area contributed by atoms with Crippen molar-refractivity contribution in [2.24, 2.45) is 5.73 Å². The lowest BCUT2D eigenvalue weighted by atomic mass is 9.73. The van der Waals surface area contributed by atoms with E-state index in [1.807, 2.05) is 42.5 Å². The lowest BCUT2D eigenvalue weighted by Gasteiger charge is -2.37. The van der Waals surface area contributed by atoms with Crippen molar-refractivity contribution in [3.05, 3.63) is 95.0 Å². The van der Waals surface area contributed by atoms with Crippen LogP contribution >= 0.6 is 11.6 Å². The van der Waals surface area contributed by atoms with Crippen LogP contribution in [0.5, 0.6) is 0 Å². The zero-order valence-electron chi connectivity index (χ0n) is 20.7. The van der Waals surface area contributed by atoms with Gasteiger partial charge in [-0.3, -0.25) is 4.79 Å². The van der Waals surface area contributed by atoms with Gasteiger partial charge in [0.05, 0.1) is 0 Å². The first kappa shape index (κ1) is 25.7. The molecule has 0 aromatic heterocycles. The number of benzene rings is 3. The Morgan fingerprint density at radius 2 is 1.44 bits per heavy atom. The summed E-state index contributed by atoms with van der Waals surface area (Å²) in [7, 11) is 0. The van der Waals surface area contributed by atoms with E-state index in [-0.39, 0.29) is 16.9 Å². The van der Waals surface area contributed by atoms with Gasteiger partial charge in [0, 0.05) is 27.4 Å². The summed E-state index contributed by atoms with van der Waals surface area (Å²) in [5, 5.41) is 9.05. The topological polar surface area (TPSA) is 96.2 Å². The second-order valence-electron chi connectivity index (χ2n) is 9.46. The van der Waals surface area contributed by atoms with Gasteiger partial charge in [-0.1, -0.05) is 67.9 Å². The van der Waals surface area contributed by atoms with Crippen LogP contribution in [0.25, 0.3) is 0 Å². The van der Waals surface area contributed by atoms with Gasteiger partial charge in [0.2, 0.25) is 0 Å². The summed E-state index contributed by atoms with van der Waals surface area (Å²) in [6, 6.07) is 22.5. The molecule has 4 rings (SSSR count). The molecule has 5 N–H and O–H groups in total. The number of carbonyl (C=O) groups excluding carboxylic acids is 2. The summed E-state index contributed by atoms with van der Waals surface area (Å²) in [6.07, 6.45) is 4.01. The molecule has 1 fully saturated rings. The molecule has 1 saturated carbocycles. The summed E-state index contributed by atoms with van der Waals surface area (Å²) in [5.41, 5.74) is 9.69. The summed E-state index contributed by atoms with van der Waals surface area (Å²) in [5.74, 6) is -0.336. The molecule has 188 valence electrons. The van der Waals surface area contributed by atoms with Crippen LogP contribution in [0.3, 0.4) is 0 Å². The first-order valence-electron chi connectivity index (χ1n) is 12.4. The van der Waals surface area contributed by atoms with Crippen molar-refractivity contribution in [1.82, 2.24) is 5.32 Å². The number of nitrogens with two attached hydrogens (primary N) is 1. The van der Waals surface area contributed by atoms with Crippen LogP contribution in [0.2, 0.25) is 5.02 Å². The maximum Gasteiger partial charge on any atom is 0.320 e. The third-order valence-electron chi connectivity index (χ3n) is 7.44. The summed E-state index contributed by atoms with van der Waals surface area (Å²) < 4.78 is 0. The van der Waals surface area contributed by atoms with E-state index >= 15 is 0 Å². The van der Waals surface area contributed by atoms with Crippen LogP contribution in [0.4, 0.5) is 16.2 Å². The summed E-state index contributed by atoms with van der Waals surface area (Å²) in [4.78, 5) is 26.0. The highest BCUT2D eigenvalue weighted by molar-refractivity contribution is 6.30. The van der Waals surface area contributed by atoms with Crippen LogP contribution in [0, 0.1) is 0 Å². The van der Waals surface area contributed by atoms with E-state index in [0.717, 1.165) is 25.7 Å². The highest BCUT2D eigenvalue weighted by Gasteiger charge is 2.56. The quantitative estimate of drug-likeness (QED) is 0.272. The average Bonchev–Trinajstić information content (AvgIpc) is 3.72. The van der Waals surface area contributed by atoms with Crippen molar-refractivity contribution in [3.63, 3.8) is 0 Å². The smallest absolute Gasteiger partial charge is 0.320 e. The molecule has 3 amide bonds. The normalized spacial score (nSPS) is 15.0. The van der Waals surface area contributed by atoms with Gasteiger partial charge in [-0.25, -0.2) is 4.79 Å². The van der Waals surface area contributed by atoms with Crippen molar-refractivity contribution < 1.29 is 9.59 Å². The minimum atomic E-state index is -0.884. The molecule has 1 unspecified atom stereocenters. The Hall–Kier alpha value is -3.35. The predicted octanol–water partition coefficient (Wildman–Crippen LogP) is 6.39. The van der Waals surface area contributed by atoms with Crippen LogP contribution in [0.1, 0.15) is 56.7 Å². The van der Waals surface area contributed by atoms with Gasteiger partial charge >= 0.3 is 6.03 Å². The third-order valence-corrected chi connectivity index (χ3v) is 7.69. The Morgan fingerprint density at radius 1 is 0.889 bits per heavy atom. The molecule has 1 aliphatic carbocycles. The number of amides is 3. The fourth-order valence-electron chi connectivity index (χ4n) is 4.99. The molecule has 6 nitrogen and oxygen atoms in total. The predicted molar refractivity (Wildman–Crippen MR) is 146 cm³/mol. The van der Waals surface area contributed by atoms with Gasteiger partial charge in [0.1, 0.15) is 6.04 Å². The molecule has 0 spiro atoms. The Balaban J connectivity index is 1.48. The number of nitrogens with one attached hydrogen (secondary N) is 3. The first-order chi connectivity index (χ1) is 17.3. The standard InChI is InChI=1S/C29H33ClN4O2/c1-3-29(31,4-2)28(18-19-28)21-10-14-23(15-11-21)32-26(35)25(20-8-6-5-7-9-20)34-27(36)33-24-16-12-22(30)13-17-24/h5-17,25H,3-4,18-19,31H2,1-2H3,(H,32,35)(H2,33,34,36).